The minimum Gasteiger partial charge on any atom is -0.314 e. The number of hydrogen-bond donors (Lipinski definition) is 0. The Morgan fingerprint density at radius 2 is 1.22 bits per heavy atom. The van der Waals surface area contributed by atoms with Gasteiger partial charge in [-0.2, -0.15) is 0 Å². The predicted octanol–water partition coefficient (Wildman–Crippen LogP) is 8.79. The second-order valence-electron chi connectivity index (χ2n) is 10.8. The second kappa shape index (κ2) is 8.32. The molecular weight excluding hydrogens is 455 g/mol. The molecule has 0 radical (unpaired) electrons. The van der Waals surface area contributed by atoms with Gasteiger partial charge in [0.25, 0.3) is 0 Å². The number of rotatable bonds is 3. The summed E-state index contributed by atoms with van der Waals surface area (Å²) in [5, 5.41) is 4.44. The summed E-state index contributed by atoms with van der Waals surface area (Å²) in [6.07, 6.45) is 0.620. The van der Waals surface area contributed by atoms with E-state index in [9.17, 15) is 4.57 Å². The van der Waals surface area contributed by atoms with Crippen molar-refractivity contribution < 1.29 is 4.57 Å². The Labute approximate surface area is 214 Å². The van der Waals surface area contributed by atoms with E-state index < -0.39 is 7.14 Å². The Morgan fingerprint density at radius 1 is 0.611 bits per heavy atom. The van der Waals surface area contributed by atoms with Crippen molar-refractivity contribution in [3.8, 4) is 33.4 Å². The Bertz CT molecular complexity index is 1650. The summed E-state index contributed by atoms with van der Waals surface area (Å²) >= 11 is 0. The molecule has 0 aliphatic carbocycles. The third-order valence-corrected chi connectivity index (χ3v) is 10.9. The molecule has 1 unspecified atom stereocenters. The van der Waals surface area contributed by atoms with Gasteiger partial charge in [0.2, 0.25) is 0 Å². The van der Waals surface area contributed by atoms with Crippen LogP contribution in [0.5, 0.6) is 0 Å². The van der Waals surface area contributed by atoms with Gasteiger partial charge in [-0.15, -0.1) is 0 Å². The fourth-order valence-electron chi connectivity index (χ4n) is 5.76. The van der Waals surface area contributed by atoms with Gasteiger partial charge in [-0.05, 0) is 55.8 Å². The third kappa shape index (κ3) is 3.49. The predicted molar refractivity (Wildman–Crippen MR) is 156 cm³/mol. The van der Waals surface area contributed by atoms with Gasteiger partial charge < -0.3 is 4.57 Å². The molecular formula is C34H31OP. The number of fused-ring (bicyclic) bond motifs is 2. The average Bonchev–Trinajstić information content (AvgIpc) is 2.91. The van der Waals surface area contributed by atoms with E-state index in [1.807, 2.05) is 6.07 Å². The Hall–Kier alpha value is -3.41. The zero-order valence-electron chi connectivity index (χ0n) is 21.4. The van der Waals surface area contributed by atoms with E-state index >= 15 is 0 Å². The lowest BCUT2D eigenvalue weighted by Gasteiger charge is -2.31. The van der Waals surface area contributed by atoms with Crippen molar-refractivity contribution in [3.05, 3.63) is 109 Å². The van der Waals surface area contributed by atoms with Crippen LogP contribution in [-0.4, -0.2) is 6.16 Å². The first-order chi connectivity index (χ1) is 17.3. The van der Waals surface area contributed by atoms with Crippen LogP contribution in [0.15, 0.2) is 103 Å². The van der Waals surface area contributed by atoms with Gasteiger partial charge in [0, 0.05) is 22.2 Å². The van der Waals surface area contributed by atoms with E-state index in [2.05, 4.69) is 125 Å². The first-order valence-electron chi connectivity index (χ1n) is 12.8. The molecule has 178 valence electrons. The van der Waals surface area contributed by atoms with Crippen molar-refractivity contribution in [1.29, 1.82) is 0 Å². The molecule has 1 nitrogen and oxygen atoms in total. The van der Waals surface area contributed by atoms with E-state index in [1.165, 1.54) is 33.0 Å². The zero-order chi connectivity index (χ0) is 25.1. The summed E-state index contributed by atoms with van der Waals surface area (Å²) in [5.74, 6) is 0. The molecule has 0 N–H and O–H groups in total. The summed E-state index contributed by atoms with van der Waals surface area (Å²) in [7, 11) is -2.77. The topological polar surface area (TPSA) is 17.1 Å². The normalized spacial score (nSPS) is 16.7. The monoisotopic (exact) mass is 486 g/mol. The Morgan fingerprint density at radius 3 is 1.89 bits per heavy atom. The third-order valence-electron chi connectivity index (χ3n) is 7.66. The number of hydrogen-bond acceptors (Lipinski definition) is 1. The fourth-order valence-corrected chi connectivity index (χ4v) is 8.56. The summed E-state index contributed by atoms with van der Waals surface area (Å²) in [6.45, 7) is 8.83. The molecule has 0 aromatic heterocycles. The molecule has 0 saturated carbocycles. The van der Waals surface area contributed by atoms with Crippen LogP contribution in [-0.2, 0) is 9.98 Å². The van der Waals surface area contributed by atoms with Crippen molar-refractivity contribution in [1.82, 2.24) is 0 Å². The van der Waals surface area contributed by atoms with Gasteiger partial charge in [-0.1, -0.05) is 125 Å². The van der Waals surface area contributed by atoms with Crippen molar-refractivity contribution in [2.75, 3.05) is 6.16 Å². The standard InChI is InChI=1S/C34H31OP/c1-5-36(35)31-13-9-12-29-30(34(2,3)4)21-20-28(33(29)31)27-19-18-26(22-32(27)36)25-16-14-24(15-17-25)23-10-7-6-8-11-23/h6-22H,5H2,1-4H3. The molecule has 0 spiro atoms. The highest BCUT2D eigenvalue weighted by Gasteiger charge is 2.36. The minimum atomic E-state index is -2.77. The Kier molecular flexibility index (Phi) is 5.32. The fraction of sp³-hybridized carbons (Fsp3) is 0.176. The first kappa shape index (κ1) is 23.0. The van der Waals surface area contributed by atoms with Gasteiger partial charge in [0.1, 0.15) is 7.14 Å². The van der Waals surface area contributed by atoms with E-state index in [0.29, 0.717) is 6.16 Å². The van der Waals surface area contributed by atoms with E-state index in [1.54, 1.807) is 0 Å². The van der Waals surface area contributed by atoms with Gasteiger partial charge in [0.05, 0.1) is 0 Å². The molecule has 0 bridgehead atoms. The summed E-state index contributed by atoms with van der Waals surface area (Å²) in [6, 6.07) is 36.6. The molecule has 6 rings (SSSR count). The second-order valence-corrected chi connectivity index (χ2v) is 13.9. The molecule has 1 heterocycles. The minimum absolute atomic E-state index is 0.0173. The van der Waals surface area contributed by atoms with E-state index in [-0.39, 0.29) is 5.41 Å². The van der Waals surface area contributed by atoms with Crippen LogP contribution in [0.25, 0.3) is 44.2 Å². The van der Waals surface area contributed by atoms with Gasteiger partial charge >= 0.3 is 0 Å². The molecule has 0 saturated heterocycles. The molecule has 2 heteroatoms. The van der Waals surface area contributed by atoms with Crippen LogP contribution in [0.3, 0.4) is 0 Å². The lowest BCUT2D eigenvalue weighted by atomic mass is 9.81. The molecule has 0 amide bonds. The Balaban J connectivity index is 1.53. The highest BCUT2D eigenvalue weighted by Crippen LogP contribution is 2.53. The molecule has 1 aliphatic rings. The van der Waals surface area contributed by atoms with Crippen LogP contribution in [0.2, 0.25) is 0 Å². The highest BCUT2D eigenvalue weighted by atomic mass is 31.2. The highest BCUT2D eigenvalue weighted by molar-refractivity contribution is 7.79. The van der Waals surface area contributed by atoms with Crippen LogP contribution in [0.1, 0.15) is 33.3 Å². The van der Waals surface area contributed by atoms with Crippen molar-refractivity contribution in [2.45, 2.75) is 33.1 Å². The smallest absolute Gasteiger partial charge is 0.144 e. The van der Waals surface area contributed by atoms with E-state index in [0.717, 1.165) is 27.3 Å². The van der Waals surface area contributed by atoms with Gasteiger partial charge in [-0.3, -0.25) is 0 Å². The maximum atomic E-state index is 14.8. The average molecular weight is 487 g/mol. The molecule has 1 aliphatic heterocycles. The van der Waals surface area contributed by atoms with Gasteiger partial charge in [-0.25, -0.2) is 0 Å². The van der Waals surface area contributed by atoms with Crippen LogP contribution >= 0.6 is 7.14 Å². The largest absolute Gasteiger partial charge is 0.314 e. The quantitative estimate of drug-likeness (QED) is 0.233. The van der Waals surface area contributed by atoms with Crippen molar-refractivity contribution in [3.63, 3.8) is 0 Å². The SMILES string of the molecule is CCP1(=O)c2cc(-c3ccc(-c4ccccc4)cc3)ccc2-c2ccc(C(C)(C)C)c3cccc1c23. The van der Waals surface area contributed by atoms with Crippen LogP contribution < -0.4 is 10.6 Å². The maximum absolute atomic E-state index is 14.8. The number of benzene rings is 5. The van der Waals surface area contributed by atoms with Crippen LogP contribution in [0.4, 0.5) is 0 Å². The lowest BCUT2D eigenvalue weighted by molar-refractivity contribution is 0.587. The lowest BCUT2D eigenvalue weighted by Crippen LogP contribution is -2.26. The first-order valence-corrected chi connectivity index (χ1v) is 14.7. The van der Waals surface area contributed by atoms with Crippen molar-refractivity contribution >= 4 is 28.5 Å². The molecule has 1 atom stereocenters. The van der Waals surface area contributed by atoms with Crippen molar-refractivity contribution in [2.24, 2.45) is 0 Å². The molecule has 5 aromatic carbocycles. The summed E-state index contributed by atoms with van der Waals surface area (Å²) in [4.78, 5) is 0. The summed E-state index contributed by atoms with van der Waals surface area (Å²) in [5.41, 5.74) is 8.32. The summed E-state index contributed by atoms with van der Waals surface area (Å²) < 4.78 is 14.8. The van der Waals surface area contributed by atoms with E-state index in [4.69, 9.17) is 0 Å². The molecule has 5 aromatic rings. The molecule has 36 heavy (non-hydrogen) atoms. The molecule has 0 fully saturated rings. The maximum Gasteiger partial charge on any atom is 0.144 e. The van der Waals surface area contributed by atoms with Gasteiger partial charge in [0.15, 0.2) is 0 Å². The zero-order valence-corrected chi connectivity index (χ0v) is 22.3. The van der Waals surface area contributed by atoms with Crippen LogP contribution in [0, 0.1) is 0 Å².